The van der Waals surface area contributed by atoms with E-state index in [2.05, 4.69) is 13.8 Å². The smallest absolute Gasteiger partial charge is 0.257 e. The van der Waals surface area contributed by atoms with Crippen molar-refractivity contribution in [2.75, 3.05) is 12.4 Å². The zero-order chi connectivity index (χ0) is 12.0. The molecule has 0 aromatic carbocycles. The summed E-state index contributed by atoms with van der Waals surface area (Å²) >= 11 is 5.74. The fourth-order valence-electron chi connectivity index (χ4n) is 1.82. The summed E-state index contributed by atoms with van der Waals surface area (Å²) in [6, 6.07) is 1.94. The first kappa shape index (κ1) is 13.1. The van der Waals surface area contributed by atoms with Gasteiger partial charge in [-0.05, 0) is 18.9 Å². The monoisotopic (exact) mass is 243 g/mol. The molecule has 3 nitrogen and oxygen atoms in total. The molecule has 1 aromatic rings. The number of halogens is 1. The molecule has 1 aromatic heterocycles. The number of hydrogen-bond acceptors (Lipinski definition) is 2. The third-order valence-corrected chi connectivity index (χ3v) is 2.91. The third kappa shape index (κ3) is 3.01. The maximum absolute atomic E-state index is 12.2. The highest BCUT2D eigenvalue weighted by Gasteiger charge is 2.22. The van der Waals surface area contributed by atoms with Crippen molar-refractivity contribution in [2.24, 2.45) is 0 Å². The first-order valence-corrected chi connectivity index (χ1v) is 6.17. The fraction of sp³-hybridized carbons (Fsp3) is 0.583. The summed E-state index contributed by atoms with van der Waals surface area (Å²) in [5, 5.41) is 0. The maximum atomic E-state index is 12.2. The highest BCUT2D eigenvalue weighted by atomic mass is 35.5. The molecular weight excluding hydrogens is 226 g/mol. The van der Waals surface area contributed by atoms with Crippen LogP contribution in [0.4, 0.5) is 0 Å². The van der Waals surface area contributed by atoms with Crippen molar-refractivity contribution < 1.29 is 9.21 Å². The maximum Gasteiger partial charge on any atom is 0.257 e. The molecule has 1 heterocycles. The molecule has 16 heavy (non-hydrogen) atoms. The number of amides is 1. The lowest BCUT2D eigenvalue weighted by Crippen LogP contribution is -2.40. The average Bonchev–Trinajstić information content (AvgIpc) is 2.82. The molecule has 0 aliphatic heterocycles. The summed E-state index contributed by atoms with van der Waals surface area (Å²) in [6.07, 6.45) is 4.87. The zero-order valence-corrected chi connectivity index (χ0v) is 10.5. The molecule has 0 saturated heterocycles. The minimum absolute atomic E-state index is 0.00287. The van der Waals surface area contributed by atoms with E-state index in [1.165, 1.54) is 12.5 Å². The van der Waals surface area contributed by atoms with E-state index in [1.807, 2.05) is 4.90 Å². The van der Waals surface area contributed by atoms with Crippen LogP contribution in [0, 0.1) is 0 Å². The van der Waals surface area contributed by atoms with Crippen LogP contribution in [-0.4, -0.2) is 29.3 Å². The van der Waals surface area contributed by atoms with E-state index in [9.17, 15) is 4.79 Å². The van der Waals surface area contributed by atoms with Crippen molar-refractivity contribution in [1.29, 1.82) is 0 Å². The number of furan rings is 1. The summed E-state index contributed by atoms with van der Waals surface area (Å²) in [7, 11) is 0. The van der Waals surface area contributed by atoms with Gasteiger partial charge in [-0.15, -0.1) is 11.6 Å². The lowest BCUT2D eigenvalue weighted by Gasteiger charge is -2.29. The van der Waals surface area contributed by atoms with Gasteiger partial charge in [0, 0.05) is 18.5 Å². The molecule has 0 unspecified atom stereocenters. The predicted molar refractivity (Wildman–Crippen MR) is 64.8 cm³/mol. The Bertz CT molecular complexity index is 307. The van der Waals surface area contributed by atoms with Gasteiger partial charge in [-0.1, -0.05) is 13.8 Å². The molecule has 0 atom stereocenters. The Morgan fingerprint density at radius 2 is 2.19 bits per heavy atom. The molecule has 0 aliphatic carbocycles. The van der Waals surface area contributed by atoms with E-state index in [0.717, 1.165) is 12.8 Å². The number of hydrogen-bond donors (Lipinski definition) is 0. The summed E-state index contributed by atoms with van der Waals surface area (Å²) in [4.78, 5) is 14.0. The first-order valence-electron chi connectivity index (χ1n) is 5.63. The lowest BCUT2D eigenvalue weighted by atomic mass is 10.1. The Hall–Kier alpha value is -0.960. The van der Waals surface area contributed by atoms with Gasteiger partial charge in [-0.3, -0.25) is 4.79 Å². The molecule has 0 saturated carbocycles. The van der Waals surface area contributed by atoms with Crippen LogP contribution in [0.5, 0.6) is 0 Å². The van der Waals surface area contributed by atoms with Gasteiger partial charge in [0.2, 0.25) is 0 Å². The van der Waals surface area contributed by atoms with Crippen molar-refractivity contribution in [1.82, 2.24) is 4.90 Å². The van der Waals surface area contributed by atoms with E-state index in [-0.39, 0.29) is 11.9 Å². The number of nitrogens with zero attached hydrogens (tertiary/aromatic N) is 1. The molecule has 1 amide bonds. The van der Waals surface area contributed by atoms with Gasteiger partial charge in [0.1, 0.15) is 6.26 Å². The molecular formula is C12H18ClNO2. The first-order chi connectivity index (χ1) is 7.74. The Balaban J connectivity index is 2.80. The molecule has 0 spiro atoms. The normalized spacial score (nSPS) is 10.8. The van der Waals surface area contributed by atoms with E-state index < -0.39 is 0 Å². The van der Waals surface area contributed by atoms with E-state index in [0.29, 0.717) is 18.0 Å². The highest BCUT2D eigenvalue weighted by molar-refractivity contribution is 6.18. The van der Waals surface area contributed by atoms with Gasteiger partial charge in [-0.25, -0.2) is 0 Å². The van der Waals surface area contributed by atoms with Gasteiger partial charge >= 0.3 is 0 Å². The SMILES string of the molecule is CCC(CC)N(CCCl)C(=O)c1ccoc1. The molecule has 0 aliphatic rings. The van der Waals surface area contributed by atoms with Gasteiger partial charge in [0.25, 0.3) is 5.91 Å². The second kappa shape index (κ2) is 6.59. The minimum atomic E-state index is 0.00287. The van der Waals surface area contributed by atoms with Crippen LogP contribution >= 0.6 is 11.6 Å². The average molecular weight is 244 g/mol. The second-order valence-corrected chi connectivity index (χ2v) is 4.05. The minimum Gasteiger partial charge on any atom is -0.472 e. The van der Waals surface area contributed by atoms with Crippen LogP contribution in [-0.2, 0) is 0 Å². The fourth-order valence-corrected chi connectivity index (χ4v) is 2.00. The van der Waals surface area contributed by atoms with Gasteiger partial charge < -0.3 is 9.32 Å². The molecule has 1 rings (SSSR count). The van der Waals surface area contributed by atoms with Gasteiger partial charge in [0.15, 0.2) is 0 Å². The standard InChI is InChI=1S/C12H18ClNO2/c1-3-11(4-2)14(7-6-13)12(15)10-5-8-16-9-10/h5,8-9,11H,3-4,6-7H2,1-2H3. The van der Waals surface area contributed by atoms with Crippen molar-refractivity contribution in [3.05, 3.63) is 24.2 Å². The Kier molecular flexibility index (Phi) is 5.39. The van der Waals surface area contributed by atoms with Crippen LogP contribution < -0.4 is 0 Å². The molecule has 4 heteroatoms. The Morgan fingerprint density at radius 3 is 2.62 bits per heavy atom. The summed E-state index contributed by atoms with van der Waals surface area (Å²) in [6.45, 7) is 4.74. The Morgan fingerprint density at radius 1 is 1.50 bits per heavy atom. The van der Waals surface area contributed by atoms with Crippen molar-refractivity contribution >= 4 is 17.5 Å². The highest BCUT2D eigenvalue weighted by Crippen LogP contribution is 2.14. The lowest BCUT2D eigenvalue weighted by molar-refractivity contribution is 0.0681. The topological polar surface area (TPSA) is 33.5 Å². The Labute approximate surface area is 101 Å². The number of alkyl halides is 1. The van der Waals surface area contributed by atoms with Crippen LogP contribution in [0.3, 0.4) is 0 Å². The van der Waals surface area contributed by atoms with E-state index in [1.54, 1.807) is 6.07 Å². The number of carbonyl (C=O) groups is 1. The largest absolute Gasteiger partial charge is 0.472 e. The van der Waals surface area contributed by atoms with Crippen molar-refractivity contribution in [3.8, 4) is 0 Å². The summed E-state index contributed by atoms with van der Waals surface area (Å²) < 4.78 is 4.93. The van der Waals surface area contributed by atoms with Crippen LogP contribution in [0.2, 0.25) is 0 Å². The van der Waals surface area contributed by atoms with E-state index in [4.69, 9.17) is 16.0 Å². The molecule has 90 valence electrons. The summed E-state index contributed by atoms with van der Waals surface area (Å²) in [5.41, 5.74) is 0.594. The number of carbonyl (C=O) groups excluding carboxylic acids is 1. The second-order valence-electron chi connectivity index (χ2n) is 3.67. The van der Waals surface area contributed by atoms with E-state index >= 15 is 0 Å². The number of rotatable bonds is 6. The van der Waals surface area contributed by atoms with Crippen molar-refractivity contribution in [2.45, 2.75) is 32.7 Å². The quantitative estimate of drug-likeness (QED) is 0.720. The molecule has 0 radical (unpaired) electrons. The molecule has 0 bridgehead atoms. The van der Waals surface area contributed by atoms with Crippen LogP contribution in [0.15, 0.2) is 23.0 Å². The predicted octanol–water partition coefficient (Wildman–Crippen LogP) is 3.15. The molecule has 0 fully saturated rings. The molecule has 0 N–H and O–H groups in total. The van der Waals surface area contributed by atoms with Gasteiger partial charge in [-0.2, -0.15) is 0 Å². The van der Waals surface area contributed by atoms with Crippen LogP contribution in [0.25, 0.3) is 0 Å². The van der Waals surface area contributed by atoms with Crippen molar-refractivity contribution in [3.63, 3.8) is 0 Å². The zero-order valence-electron chi connectivity index (χ0n) is 9.78. The summed E-state index contributed by atoms with van der Waals surface area (Å²) in [5.74, 6) is 0.461. The van der Waals surface area contributed by atoms with Crippen LogP contribution in [0.1, 0.15) is 37.0 Å². The van der Waals surface area contributed by atoms with Gasteiger partial charge in [0.05, 0.1) is 11.8 Å². The third-order valence-electron chi connectivity index (χ3n) is 2.74.